The Balaban J connectivity index is 2.18. The first-order valence-electron chi connectivity index (χ1n) is 7.54. The van der Waals surface area contributed by atoms with Gasteiger partial charge < -0.3 is 9.47 Å². The van der Waals surface area contributed by atoms with E-state index in [0.717, 1.165) is 12.8 Å². The van der Waals surface area contributed by atoms with E-state index >= 15 is 0 Å². The third-order valence-corrected chi connectivity index (χ3v) is 5.47. The van der Waals surface area contributed by atoms with Gasteiger partial charge in [0.15, 0.2) is 5.78 Å². The van der Waals surface area contributed by atoms with Crippen molar-refractivity contribution in [1.29, 1.82) is 0 Å². The Morgan fingerprint density at radius 3 is 2.70 bits per heavy atom. The zero-order valence-electron chi connectivity index (χ0n) is 13.2. The molecule has 0 aromatic carbocycles. The number of hydrogen-bond donors (Lipinski definition) is 0. The minimum absolute atomic E-state index is 0.0692. The molecule has 0 amide bonds. The molecule has 3 atom stereocenters. The number of fused-ring (bicyclic) bond motifs is 2. The van der Waals surface area contributed by atoms with E-state index < -0.39 is 16.6 Å². The van der Waals surface area contributed by atoms with Crippen LogP contribution in [0.3, 0.4) is 0 Å². The third-order valence-electron chi connectivity index (χ3n) is 5.47. The van der Waals surface area contributed by atoms with Gasteiger partial charge in [0.05, 0.1) is 5.41 Å². The summed E-state index contributed by atoms with van der Waals surface area (Å²) in [4.78, 5) is 24.1. The molecular formula is C16H26O4. The molecule has 0 aromatic heterocycles. The zero-order valence-corrected chi connectivity index (χ0v) is 13.2. The summed E-state index contributed by atoms with van der Waals surface area (Å²) in [6.07, 6.45) is 2.86. The predicted octanol–water partition coefficient (Wildman–Crippen LogP) is 2.88. The molecule has 1 saturated carbocycles. The lowest BCUT2D eigenvalue weighted by Crippen LogP contribution is -2.62. The van der Waals surface area contributed by atoms with Gasteiger partial charge in [0.25, 0.3) is 0 Å². The van der Waals surface area contributed by atoms with Crippen molar-refractivity contribution in [3.8, 4) is 0 Å². The Bertz CT molecular complexity index is 428. The summed E-state index contributed by atoms with van der Waals surface area (Å²) in [7, 11) is 0. The number of carbonyl (C=O) groups is 2. The van der Waals surface area contributed by atoms with E-state index in [1.807, 2.05) is 34.6 Å². The molecule has 0 radical (unpaired) electrons. The molecule has 4 heteroatoms. The molecule has 2 fully saturated rings. The van der Waals surface area contributed by atoms with Crippen LogP contribution in [0.1, 0.15) is 60.3 Å². The van der Waals surface area contributed by atoms with Gasteiger partial charge in [-0.3, -0.25) is 9.59 Å². The molecule has 1 heterocycles. The molecule has 0 spiro atoms. The maximum absolute atomic E-state index is 12.4. The van der Waals surface area contributed by atoms with Crippen molar-refractivity contribution in [3.05, 3.63) is 0 Å². The fourth-order valence-corrected chi connectivity index (χ4v) is 2.98. The fraction of sp³-hybridized carbons (Fsp3) is 0.875. The van der Waals surface area contributed by atoms with E-state index in [-0.39, 0.29) is 24.3 Å². The second-order valence-electron chi connectivity index (χ2n) is 7.28. The summed E-state index contributed by atoms with van der Waals surface area (Å²) < 4.78 is 11.7. The highest BCUT2D eigenvalue weighted by atomic mass is 16.6. The van der Waals surface area contributed by atoms with Crippen LogP contribution in [0.4, 0.5) is 0 Å². The van der Waals surface area contributed by atoms with Crippen molar-refractivity contribution in [2.75, 3.05) is 6.61 Å². The summed E-state index contributed by atoms with van der Waals surface area (Å²) in [5.74, 6) is 0.0760. The quantitative estimate of drug-likeness (QED) is 0.747. The molecule has 0 aromatic rings. The Hall–Kier alpha value is -0.900. The summed E-state index contributed by atoms with van der Waals surface area (Å²) in [6, 6.07) is 0. The molecule has 3 unspecified atom stereocenters. The van der Waals surface area contributed by atoms with Crippen molar-refractivity contribution in [2.24, 2.45) is 11.3 Å². The summed E-state index contributed by atoms with van der Waals surface area (Å²) in [6.45, 7) is 9.85. The number of Topliss-reactive ketones (excluding diaryl/α,β-unsaturated/α-hetero) is 1. The first-order valence-corrected chi connectivity index (χ1v) is 7.54. The largest absolute Gasteiger partial charge is 0.456 e. The maximum Gasteiger partial charge on any atom is 0.312 e. The second kappa shape index (κ2) is 4.83. The summed E-state index contributed by atoms with van der Waals surface area (Å²) in [5, 5.41) is 0. The molecule has 2 aliphatic rings. The van der Waals surface area contributed by atoms with Gasteiger partial charge in [-0.25, -0.2) is 0 Å². The first kappa shape index (κ1) is 15.5. The molecule has 2 bridgehead atoms. The lowest BCUT2D eigenvalue weighted by Gasteiger charge is -2.53. The van der Waals surface area contributed by atoms with Gasteiger partial charge in [0.2, 0.25) is 0 Å². The van der Waals surface area contributed by atoms with Crippen molar-refractivity contribution in [3.63, 3.8) is 0 Å². The van der Waals surface area contributed by atoms with Crippen LogP contribution in [0.25, 0.3) is 0 Å². The standard InChI is InChI=1S/C16H26O4/c1-6-14(2,3)13(18)20-15(4)8-7-11-9-16(15,5)19-10-12(11)17/h11H,6-10H2,1-5H3. The van der Waals surface area contributed by atoms with Crippen LogP contribution in [0.5, 0.6) is 0 Å². The second-order valence-corrected chi connectivity index (χ2v) is 7.28. The van der Waals surface area contributed by atoms with Gasteiger partial charge in [0, 0.05) is 5.92 Å². The van der Waals surface area contributed by atoms with Crippen LogP contribution in [0, 0.1) is 11.3 Å². The van der Waals surface area contributed by atoms with E-state index in [1.54, 1.807) is 0 Å². The highest BCUT2D eigenvalue weighted by molar-refractivity contribution is 5.83. The summed E-state index contributed by atoms with van der Waals surface area (Å²) in [5.41, 5.74) is -1.68. The van der Waals surface area contributed by atoms with Gasteiger partial charge >= 0.3 is 5.97 Å². The molecule has 0 N–H and O–H groups in total. The van der Waals surface area contributed by atoms with Crippen LogP contribution >= 0.6 is 0 Å². The zero-order chi connectivity index (χ0) is 15.2. The molecule has 1 saturated heterocycles. The van der Waals surface area contributed by atoms with Crippen LogP contribution in [-0.2, 0) is 19.1 Å². The Kier molecular flexibility index (Phi) is 3.74. The number of esters is 1. The van der Waals surface area contributed by atoms with E-state index in [1.165, 1.54) is 0 Å². The van der Waals surface area contributed by atoms with Crippen molar-refractivity contribution >= 4 is 11.8 Å². The number of ketones is 1. The number of hydrogen-bond acceptors (Lipinski definition) is 4. The molecule has 20 heavy (non-hydrogen) atoms. The number of rotatable bonds is 3. The average molecular weight is 282 g/mol. The molecular weight excluding hydrogens is 256 g/mol. The van der Waals surface area contributed by atoms with Crippen LogP contribution in [0.15, 0.2) is 0 Å². The van der Waals surface area contributed by atoms with Gasteiger partial charge in [-0.2, -0.15) is 0 Å². The van der Waals surface area contributed by atoms with Crippen LogP contribution in [0.2, 0.25) is 0 Å². The Morgan fingerprint density at radius 1 is 1.45 bits per heavy atom. The SMILES string of the molecule is CCC(C)(C)C(=O)OC1(C)CCC2CC1(C)OCC2=O. The van der Waals surface area contributed by atoms with Crippen LogP contribution in [-0.4, -0.2) is 29.6 Å². The van der Waals surface area contributed by atoms with E-state index in [4.69, 9.17) is 9.47 Å². The molecule has 1 aliphatic heterocycles. The maximum atomic E-state index is 12.4. The highest BCUT2D eigenvalue weighted by Crippen LogP contribution is 2.48. The van der Waals surface area contributed by atoms with Gasteiger partial charge in [-0.05, 0) is 53.4 Å². The van der Waals surface area contributed by atoms with Gasteiger partial charge in [0.1, 0.15) is 17.8 Å². The number of carbonyl (C=O) groups excluding carboxylic acids is 2. The van der Waals surface area contributed by atoms with E-state index in [0.29, 0.717) is 12.8 Å². The predicted molar refractivity (Wildman–Crippen MR) is 75.3 cm³/mol. The lowest BCUT2D eigenvalue weighted by atomic mass is 9.66. The molecule has 2 rings (SSSR count). The van der Waals surface area contributed by atoms with E-state index in [9.17, 15) is 9.59 Å². The summed E-state index contributed by atoms with van der Waals surface area (Å²) >= 11 is 0. The Labute approximate surface area is 121 Å². The van der Waals surface area contributed by atoms with Crippen molar-refractivity contribution in [1.82, 2.24) is 0 Å². The average Bonchev–Trinajstić information content (AvgIpc) is 2.39. The lowest BCUT2D eigenvalue weighted by molar-refractivity contribution is -0.236. The monoisotopic (exact) mass is 282 g/mol. The topological polar surface area (TPSA) is 52.6 Å². The molecule has 1 aliphatic carbocycles. The minimum Gasteiger partial charge on any atom is -0.456 e. The van der Waals surface area contributed by atoms with Gasteiger partial charge in [-0.15, -0.1) is 0 Å². The fourth-order valence-electron chi connectivity index (χ4n) is 2.98. The number of ether oxygens (including phenoxy) is 2. The first-order chi connectivity index (χ1) is 9.13. The van der Waals surface area contributed by atoms with E-state index in [2.05, 4.69) is 0 Å². The van der Waals surface area contributed by atoms with Gasteiger partial charge in [-0.1, -0.05) is 6.92 Å². The minimum atomic E-state index is -0.645. The van der Waals surface area contributed by atoms with Crippen LogP contribution < -0.4 is 0 Å². The molecule has 4 nitrogen and oxygen atoms in total. The van der Waals surface area contributed by atoms with Crippen molar-refractivity contribution in [2.45, 2.75) is 71.5 Å². The third kappa shape index (κ3) is 2.39. The van der Waals surface area contributed by atoms with Crippen molar-refractivity contribution < 1.29 is 19.1 Å². The highest BCUT2D eigenvalue weighted by Gasteiger charge is 2.57. The normalized spacial score (nSPS) is 37.6. The Morgan fingerprint density at radius 2 is 2.10 bits per heavy atom. The molecule has 114 valence electrons. The smallest absolute Gasteiger partial charge is 0.312 e.